The smallest absolute Gasteiger partial charge is 0.0157 e. The highest BCUT2D eigenvalue weighted by molar-refractivity contribution is 5.30. The van der Waals surface area contributed by atoms with Crippen LogP contribution in [0.4, 0.5) is 0 Å². The molecular weight excluding hydrogens is 585 g/mol. The van der Waals surface area contributed by atoms with E-state index in [1.807, 2.05) is 0 Å². The monoisotopic (exact) mass is 644 g/mol. The van der Waals surface area contributed by atoms with E-state index in [4.69, 9.17) is 0 Å². The van der Waals surface area contributed by atoms with Crippen molar-refractivity contribution < 1.29 is 0 Å². The molecule has 4 aliphatic carbocycles. The first-order chi connectivity index (χ1) is 23.8. The fourth-order valence-electron chi connectivity index (χ4n) is 15.6. The van der Waals surface area contributed by atoms with Gasteiger partial charge in [-0.3, -0.25) is 0 Å². The molecule has 4 N–H and O–H groups in total. The lowest BCUT2D eigenvalue weighted by molar-refractivity contribution is 0.154. The van der Waals surface area contributed by atoms with Crippen LogP contribution in [-0.2, 0) is 0 Å². The van der Waals surface area contributed by atoms with Gasteiger partial charge in [-0.2, -0.15) is 0 Å². The molecule has 4 heteroatoms. The molecule has 5 aliphatic heterocycles. The maximum atomic E-state index is 4.56. The second-order valence-corrected chi connectivity index (χ2v) is 18.6. The first-order valence-electron chi connectivity index (χ1n) is 20.9. The average Bonchev–Trinajstić information content (AvgIpc) is 3.98. The van der Waals surface area contributed by atoms with Crippen LogP contribution in [0, 0.1) is 47.3 Å². The maximum Gasteiger partial charge on any atom is 0.0157 e. The molecule has 18 unspecified atom stereocenters. The van der Waals surface area contributed by atoms with Gasteiger partial charge in [0.2, 0.25) is 0 Å². The van der Waals surface area contributed by atoms with E-state index in [-0.39, 0.29) is 0 Å². The van der Waals surface area contributed by atoms with Crippen molar-refractivity contribution in [2.24, 2.45) is 47.3 Å². The Kier molecular flexibility index (Phi) is 7.44. The van der Waals surface area contributed by atoms with Crippen molar-refractivity contribution in [3.63, 3.8) is 0 Å². The molecule has 4 nitrogen and oxygen atoms in total. The van der Waals surface area contributed by atoms with Crippen molar-refractivity contribution in [2.75, 3.05) is 0 Å². The molecule has 0 radical (unpaired) electrons. The Balaban J connectivity index is 1.01. The Morgan fingerprint density at radius 3 is 1.19 bits per heavy atom. The van der Waals surface area contributed by atoms with Crippen molar-refractivity contribution in [1.29, 1.82) is 0 Å². The molecule has 11 rings (SSSR count). The van der Waals surface area contributed by atoms with E-state index in [0.717, 1.165) is 47.3 Å². The fraction of sp³-hybridized carbons (Fsp3) is 0.727. The predicted molar refractivity (Wildman–Crippen MR) is 194 cm³/mol. The fourth-order valence-corrected chi connectivity index (χ4v) is 15.6. The Bertz CT molecular complexity index is 1340. The van der Waals surface area contributed by atoms with Crippen LogP contribution >= 0.6 is 0 Å². The molecule has 9 aliphatic rings. The summed E-state index contributed by atoms with van der Waals surface area (Å²) < 4.78 is 0. The molecule has 9 fully saturated rings. The van der Waals surface area contributed by atoms with Crippen LogP contribution in [0.3, 0.4) is 0 Å². The summed E-state index contributed by atoms with van der Waals surface area (Å²) >= 11 is 0. The summed E-state index contributed by atoms with van der Waals surface area (Å²) in [5.74, 6) is 8.20. The van der Waals surface area contributed by atoms with Crippen LogP contribution in [0.5, 0.6) is 0 Å². The Morgan fingerprint density at radius 2 is 0.750 bits per heavy atom. The summed E-state index contributed by atoms with van der Waals surface area (Å²) in [6.45, 7) is 0. The third-order valence-electron chi connectivity index (χ3n) is 16.9. The van der Waals surface area contributed by atoms with Gasteiger partial charge in [0.05, 0.1) is 0 Å². The van der Waals surface area contributed by atoms with Crippen LogP contribution in [0.15, 0.2) is 60.7 Å². The van der Waals surface area contributed by atoms with E-state index < -0.39 is 0 Å². The standard InChI is InChI=1S/C44H60N4/c1-3-11-25(12-4-1)39-33-19-21-35(45-33)41-30-18-10-8-16-28(30)32-24-38(48-44(32)41)40(26-13-5-2-6-14-26)34-20-22-36(46-34)42-29-17-9-7-15-27(29)31-23-37(39)47-43(31)42/h1-6,11-14,27-48H,7-10,15-24H2. The van der Waals surface area contributed by atoms with Crippen molar-refractivity contribution in [3.05, 3.63) is 71.8 Å². The van der Waals surface area contributed by atoms with Crippen molar-refractivity contribution >= 4 is 0 Å². The van der Waals surface area contributed by atoms with Gasteiger partial charge in [-0.05, 0) is 123 Å². The zero-order chi connectivity index (χ0) is 31.3. The maximum absolute atomic E-state index is 4.56. The molecule has 2 aromatic rings. The van der Waals surface area contributed by atoms with Gasteiger partial charge in [-0.15, -0.1) is 0 Å². The van der Waals surface area contributed by atoms with Gasteiger partial charge in [0.25, 0.3) is 0 Å². The quantitative estimate of drug-likeness (QED) is 0.276. The molecule has 0 spiro atoms. The van der Waals surface area contributed by atoms with Gasteiger partial charge < -0.3 is 21.3 Å². The molecule has 2 aromatic carbocycles. The highest BCUT2D eigenvalue weighted by Crippen LogP contribution is 2.59. The zero-order valence-electron chi connectivity index (χ0n) is 29.1. The van der Waals surface area contributed by atoms with E-state index >= 15 is 0 Å². The van der Waals surface area contributed by atoms with E-state index in [0.29, 0.717) is 60.2 Å². The van der Waals surface area contributed by atoms with Gasteiger partial charge in [-0.1, -0.05) is 86.3 Å². The Hall–Kier alpha value is -1.72. The molecular formula is C44H60N4. The molecule has 0 amide bonds. The van der Waals surface area contributed by atoms with Crippen molar-refractivity contribution in [1.82, 2.24) is 21.3 Å². The average molecular weight is 645 g/mol. The minimum absolute atomic E-state index is 0.577. The molecule has 0 aromatic heterocycles. The molecule has 8 bridgehead atoms. The number of benzene rings is 2. The third kappa shape index (κ3) is 4.60. The predicted octanol–water partition coefficient (Wildman–Crippen LogP) is 7.37. The minimum Gasteiger partial charge on any atom is -0.310 e. The lowest BCUT2D eigenvalue weighted by Gasteiger charge is -2.40. The van der Waals surface area contributed by atoms with E-state index in [1.54, 1.807) is 11.1 Å². The summed E-state index contributed by atoms with van der Waals surface area (Å²) in [5, 5.41) is 18.2. The summed E-state index contributed by atoms with van der Waals surface area (Å²) in [4.78, 5) is 0. The van der Waals surface area contributed by atoms with E-state index in [1.165, 1.54) is 89.9 Å². The third-order valence-corrected chi connectivity index (χ3v) is 16.9. The molecule has 5 heterocycles. The second kappa shape index (κ2) is 11.9. The number of rotatable bonds is 2. The molecule has 4 saturated carbocycles. The highest BCUT2D eigenvalue weighted by atomic mass is 15.1. The Labute approximate surface area is 289 Å². The molecule has 256 valence electrons. The first kappa shape index (κ1) is 30.0. The summed E-state index contributed by atoms with van der Waals surface area (Å²) in [6.07, 6.45) is 20.0. The van der Waals surface area contributed by atoms with Gasteiger partial charge in [0.15, 0.2) is 0 Å². The minimum atomic E-state index is 0.577. The highest BCUT2D eigenvalue weighted by Gasteiger charge is 2.62. The SMILES string of the molecule is c1ccc(C2C3CCC(N3)C3C4CCCCC4C4CC(NC43)C(c3ccccc3)C3CCC(N3)C3C4CCCCC4C4CC2NC43)cc1. The normalized spacial score (nSPS) is 51.9. The second-order valence-electron chi connectivity index (χ2n) is 18.6. The van der Waals surface area contributed by atoms with Crippen molar-refractivity contribution in [2.45, 2.75) is 150 Å². The summed E-state index contributed by atoms with van der Waals surface area (Å²) in [5.41, 5.74) is 3.18. The molecule has 18 atom stereocenters. The van der Waals surface area contributed by atoms with E-state index in [2.05, 4.69) is 81.9 Å². The van der Waals surface area contributed by atoms with Gasteiger partial charge in [0, 0.05) is 60.2 Å². The number of fused-ring (bicyclic) bond motifs is 14. The van der Waals surface area contributed by atoms with Crippen LogP contribution < -0.4 is 21.3 Å². The van der Waals surface area contributed by atoms with Gasteiger partial charge in [0.1, 0.15) is 0 Å². The topological polar surface area (TPSA) is 48.1 Å². The summed E-state index contributed by atoms with van der Waals surface area (Å²) in [6, 6.07) is 28.8. The number of hydrogen-bond acceptors (Lipinski definition) is 4. The van der Waals surface area contributed by atoms with Crippen LogP contribution in [0.25, 0.3) is 0 Å². The lowest BCUT2D eigenvalue weighted by atomic mass is 9.72. The van der Waals surface area contributed by atoms with Crippen molar-refractivity contribution in [3.8, 4) is 0 Å². The molecule has 48 heavy (non-hydrogen) atoms. The lowest BCUT2D eigenvalue weighted by Crippen LogP contribution is -2.53. The van der Waals surface area contributed by atoms with E-state index in [9.17, 15) is 0 Å². The number of nitrogens with one attached hydrogen (secondary N) is 4. The Morgan fingerprint density at radius 1 is 0.354 bits per heavy atom. The van der Waals surface area contributed by atoms with Crippen LogP contribution in [0.1, 0.15) is 113 Å². The molecule has 5 saturated heterocycles. The van der Waals surface area contributed by atoms with Crippen LogP contribution in [0.2, 0.25) is 0 Å². The van der Waals surface area contributed by atoms with Gasteiger partial charge in [-0.25, -0.2) is 0 Å². The summed E-state index contributed by atoms with van der Waals surface area (Å²) in [7, 11) is 0. The number of hydrogen-bond donors (Lipinski definition) is 4. The van der Waals surface area contributed by atoms with Gasteiger partial charge >= 0.3 is 0 Å². The van der Waals surface area contributed by atoms with Crippen LogP contribution in [-0.4, -0.2) is 48.3 Å². The zero-order valence-corrected chi connectivity index (χ0v) is 29.1. The largest absolute Gasteiger partial charge is 0.310 e. The first-order valence-corrected chi connectivity index (χ1v) is 20.9.